The first kappa shape index (κ1) is 9.55. The molecule has 1 rings (SSSR count). The average Bonchev–Trinajstić information content (AvgIpc) is 2.40. The van der Waals surface area contributed by atoms with E-state index in [1.807, 2.05) is 0 Å². The Balaban J connectivity index is 0.000000371. The van der Waals surface area contributed by atoms with Gasteiger partial charge in [-0.05, 0) is 6.72 Å². The second-order valence-electron chi connectivity index (χ2n) is 1.28. The van der Waals surface area contributed by atoms with Gasteiger partial charge in [-0.15, -0.1) is 11.3 Å². The summed E-state index contributed by atoms with van der Waals surface area (Å²) < 4.78 is 0.561. The first-order valence-corrected chi connectivity index (χ1v) is 3.68. The summed E-state index contributed by atoms with van der Waals surface area (Å²) in [5.74, 6) is 0. The Hall–Kier alpha value is -0.450. The van der Waals surface area contributed by atoms with Crippen molar-refractivity contribution >= 4 is 29.7 Å². The molecule has 56 valence electrons. The number of aromatic nitrogens is 1. The van der Waals surface area contributed by atoms with Crippen LogP contribution in [0.5, 0.6) is 0 Å². The molecule has 0 radical (unpaired) electrons. The van der Waals surface area contributed by atoms with Crippen LogP contribution < -0.4 is 5.73 Å². The van der Waals surface area contributed by atoms with E-state index in [1.165, 1.54) is 11.3 Å². The molecular formula is C5H8ClN3S. The third-order valence-corrected chi connectivity index (χ3v) is 1.86. The smallest absolute Gasteiger partial charge is 0.183 e. The van der Waals surface area contributed by atoms with E-state index >= 15 is 0 Å². The molecule has 0 spiro atoms. The number of rotatable bonds is 1. The van der Waals surface area contributed by atoms with Crippen molar-refractivity contribution in [1.82, 2.24) is 4.98 Å². The SMILES string of the molecule is C=N.NCc1cnc(Cl)s1. The third-order valence-electron chi connectivity index (χ3n) is 0.727. The maximum atomic E-state index is 5.50. The molecule has 1 heterocycles. The van der Waals surface area contributed by atoms with Crippen molar-refractivity contribution < 1.29 is 0 Å². The highest BCUT2D eigenvalue weighted by Gasteiger charge is 1.93. The predicted octanol–water partition coefficient (Wildman–Crippen LogP) is 1.52. The molecule has 0 bridgehead atoms. The fraction of sp³-hybridized carbons (Fsp3) is 0.200. The van der Waals surface area contributed by atoms with Crippen LogP contribution in [0.4, 0.5) is 0 Å². The Bertz CT molecular complexity index is 189. The second kappa shape index (κ2) is 5.34. The summed E-state index contributed by atoms with van der Waals surface area (Å²) >= 11 is 6.91. The molecule has 5 heteroatoms. The van der Waals surface area contributed by atoms with Gasteiger partial charge in [-0.1, -0.05) is 11.6 Å². The normalized spacial score (nSPS) is 8.20. The van der Waals surface area contributed by atoms with Crippen molar-refractivity contribution in [2.45, 2.75) is 6.54 Å². The highest BCUT2D eigenvalue weighted by Crippen LogP contribution is 2.16. The molecule has 0 fully saturated rings. The number of thiazole rings is 1. The van der Waals surface area contributed by atoms with E-state index in [1.54, 1.807) is 6.20 Å². The van der Waals surface area contributed by atoms with Crippen LogP contribution in [0, 0.1) is 5.41 Å². The molecular weight excluding hydrogens is 170 g/mol. The van der Waals surface area contributed by atoms with Gasteiger partial charge in [0.25, 0.3) is 0 Å². The zero-order valence-corrected chi connectivity index (χ0v) is 6.87. The van der Waals surface area contributed by atoms with Gasteiger partial charge in [0.05, 0.1) is 0 Å². The van der Waals surface area contributed by atoms with E-state index < -0.39 is 0 Å². The van der Waals surface area contributed by atoms with Crippen molar-refractivity contribution in [1.29, 1.82) is 5.41 Å². The third kappa shape index (κ3) is 2.91. The monoisotopic (exact) mass is 177 g/mol. The van der Waals surface area contributed by atoms with Gasteiger partial charge in [-0.25, -0.2) is 4.98 Å². The molecule has 0 amide bonds. The number of hydrogen-bond donors (Lipinski definition) is 2. The molecule has 0 saturated carbocycles. The lowest BCUT2D eigenvalue weighted by Gasteiger charge is -1.78. The summed E-state index contributed by atoms with van der Waals surface area (Å²) in [6.45, 7) is 3.03. The van der Waals surface area contributed by atoms with E-state index in [9.17, 15) is 0 Å². The largest absolute Gasteiger partial charge is 0.326 e. The van der Waals surface area contributed by atoms with Crippen LogP contribution in [-0.2, 0) is 6.54 Å². The molecule has 3 nitrogen and oxygen atoms in total. The Morgan fingerprint density at radius 2 is 2.40 bits per heavy atom. The Morgan fingerprint density at radius 3 is 2.60 bits per heavy atom. The Labute approximate surface area is 68.4 Å². The van der Waals surface area contributed by atoms with Crippen LogP contribution in [0.2, 0.25) is 4.47 Å². The van der Waals surface area contributed by atoms with Gasteiger partial charge >= 0.3 is 0 Å². The van der Waals surface area contributed by atoms with Gasteiger partial charge < -0.3 is 11.1 Å². The number of nitrogens with one attached hydrogen (secondary N) is 1. The summed E-state index contributed by atoms with van der Waals surface area (Å²) in [6.07, 6.45) is 1.69. The quantitative estimate of drug-likeness (QED) is 0.639. The van der Waals surface area contributed by atoms with Crippen molar-refractivity contribution in [2.75, 3.05) is 0 Å². The number of nitrogens with two attached hydrogens (primary N) is 1. The fourth-order valence-corrected chi connectivity index (χ4v) is 1.23. The predicted molar refractivity (Wildman–Crippen MR) is 44.9 cm³/mol. The van der Waals surface area contributed by atoms with Crippen LogP contribution in [0.1, 0.15) is 4.88 Å². The minimum Gasteiger partial charge on any atom is -0.326 e. The molecule has 0 unspecified atom stereocenters. The van der Waals surface area contributed by atoms with E-state index in [4.69, 9.17) is 22.7 Å². The number of halogens is 1. The zero-order valence-electron chi connectivity index (χ0n) is 5.30. The standard InChI is InChI=1S/C4H5ClN2S.CH3N/c5-4-7-2-3(1-6)8-4;1-2/h2H,1,6H2;2H,1H2. The summed E-state index contributed by atoms with van der Waals surface area (Å²) in [5, 5.41) is 5.50. The molecule has 1 aromatic heterocycles. The lowest BCUT2D eigenvalue weighted by molar-refractivity contribution is 1.10. The minimum absolute atomic E-state index is 0.532. The topological polar surface area (TPSA) is 62.8 Å². The Morgan fingerprint density at radius 1 is 1.80 bits per heavy atom. The molecule has 0 saturated heterocycles. The van der Waals surface area contributed by atoms with E-state index in [0.29, 0.717) is 11.0 Å². The number of nitrogens with zero attached hydrogens (tertiary/aromatic N) is 1. The molecule has 0 aliphatic carbocycles. The van der Waals surface area contributed by atoms with Crippen molar-refractivity contribution in [3.05, 3.63) is 15.5 Å². The first-order valence-electron chi connectivity index (χ1n) is 2.48. The van der Waals surface area contributed by atoms with Crippen molar-refractivity contribution in [3.8, 4) is 0 Å². The van der Waals surface area contributed by atoms with Gasteiger partial charge in [-0.2, -0.15) is 0 Å². The molecule has 10 heavy (non-hydrogen) atoms. The second-order valence-corrected chi connectivity index (χ2v) is 2.98. The fourth-order valence-electron chi connectivity index (χ4n) is 0.378. The van der Waals surface area contributed by atoms with E-state index in [2.05, 4.69) is 11.7 Å². The molecule has 3 N–H and O–H groups in total. The van der Waals surface area contributed by atoms with Crippen LogP contribution in [0.3, 0.4) is 0 Å². The van der Waals surface area contributed by atoms with Gasteiger partial charge in [0.15, 0.2) is 4.47 Å². The van der Waals surface area contributed by atoms with Gasteiger partial charge in [0.2, 0.25) is 0 Å². The minimum atomic E-state index is 0.532. The van der Waals surface area contributed by atoms with Gasteiger partial charge in [-0.3, -0.25) is 0 Å². The lowest BCUT2D eigenvalue weighted by atomic mass is 10.6. The van der Waals surface area contributed by atoms with Crippen LogP contribution >= 0.6 is 22.9 Å². The highest BCUT2D eigenvalue weighted by molar-refractivity contribution is 7.15. The van der Waals surface area contributed by atoms with Crippen molar-refractivity contribution in [3.63, 3.8) is 0 Å². The highest BCUT2D eigenvalue weighted by atomic mass is 35.5. The maximum Gasteiger partial charge on any atom is 0.183 e. The van der Waals surface area contributed by atoms with Crippen LogP contribution in [-0.4, -0.2) is 11.7 Å². The van der Waals surface area contributed by atoms with Crippen molar-refractivity contribution in [2.24, 2.45) is 5.73 Å². The summed E-state index contributed by atoms with van der Waals surface area (Å²) in [5.41, 5.74) is 5.27. The summed E-state index contributed by atoms with van der Waals surface area (Å²) in [6, 6.07) is 0. The first-order chi connectivity index (χ1) is 4.83. The van der Waals surface area contributed by atoms with Gasteiger partial charge in [0, 0.05) is 17.6 Å². The van der Waals surface area contributed by atoms with Crippen LogP contribution in [0.15, 0.2) is 6.20 Å². The summed E-state index contributed by atoms with van der Waals surface area (Å²) in [4.78, 5) is 4.81. The van der Waals surface area contributed by atoms with E-state index in [-0.39, 0.29) is 0 Å². The summed E-state index contributed by atoms with van der Waals surface area (Å²) in [7, 11) is 0. The Kier molecular flexibility index (Phi) is 5.10. The maximum absolute atomic E-state index is 5.50. The average molecular weight is 178 g/mol. The molecule has 0 aliphatic heterocycles. The lowest BCUT2D eigenvalue weighted by Crippen LogP contribution is -1.91. The molecule has 0 aliphatic rings. The molecule has 1 aromatic rings. The van der Waals surface area contributed by atoms with E-state index in [0.717, 1.165) is 4.88 Å². The van der Waals surface area contributed by atoms with Crippen LogP contribution in [0.25, 0.3) is 0 Å². The number of hydrogen-bond acceptors (Lipinski definition) is 4. The zero-order chi connectivity index (χ0) is 7.98. The molecule has 0 atom stereocenters. The molecule has 0 aromatic carbocycles. The van der Waals surface area contributed by atoms with Gasteiger partial charge in [0.1, 0.15) is 0 Å².